The van der Waals surface area contributed by atoms with E-state index in [2.05, 4.69) is 20.7 Å². The molecule has 2 aromatic heterocycles. The smallest absolute Gasteiger partial charge is 0.255 e. The van der Waals surface area contributed by atoms with Crippen molar-refractivity contribution in [2.45, 2.75) is 31.2 Å². The second kappa shape index (κ2) is 7.03. The van der Waals surface area contributed by atoms with E-state index in [1.165, 1.54) is 0 Å². The molecule has 1 aliphatic rings. The number of hydrogen-bond donors (Lipinski definition) is 2. The number of amides is 2. The summed E-state index contributed by atoms with van der Waals surface area (Å²) in [6.07, 6.45) is 3.84. The summed E-state index contributed by atoms with van der Waals surface area (Å²) in [5, 5.41) is 10.9. The Bertz CT molecular complexity index is 1040. The Morgan fingerprint density at radius 1 is 1.30 bits per heavy atom. The molecule has 7 nitrogen and oxygen atoms in total. The van der Waals surface area contributed by atoms with Crippen molar-refractivity contribution in [3.05, 3.63) is 42.2 Å². The van der Waals surface area contributed by atoms with Crippen LogP contribution in [0, 0.1) is 0 Å². The zero-order valence-corrected chi connectivity index (χ0v) is 15.8. The van der Waals surface area contributed by atoms with Gasteiger partial charge in [-0.3, -0.25) is 9.59 Å². The van der Waals surface area contributed by atoms with Gasteiger partial charge in [-0.2, -0.15) is 5.10 Å². The van der Waals surface area contributed by atoms with E-state index >= 15 is 0 Å². The highest BCUT2D eigenvalue weighted by Crippen LogP contribution is 2.31. The van der Waals surface area contributed by atoms with Crippen LogP contribution >= 0.6 is 11.8 Å². The van der Waals surface area contributed by atoms with Gasteiger partial charge in [0, 0.05) is 34.1 Å². The highest BCUT2D eigenvalue weighted by atomic mass is 32.2. The molecule has 27 heavy (non-hydrogen) atoms. The predicted octanol–water partition coefficient (Wildman–Crippen LogP) is 3.70. The number of carbonyl (C=O) groups excluding carboxylic acids is 2. The monoisotopic (exact) mass is 381 g/mol. The van der Waals surface area contributed by atoms with Gasteiger partial charge in [-0.1, -0.05) is 0 Å². The van der Waals surface area contributed by atoms with Crippen LogP contribution in [-0.4, -0.2) is 32.3 Å². The lowest BCUT2D eigenvalue weighted by atomic mass is 10.1. The number of pyridine rings is 1. The molecule has 0 bridgehead atoms. The topological polar surface area (TPSA) is 88.9 Å². The summed E-state index contributed by atoms with van der Waals surface area (Å²) < 4.78 is 1.84. The molecule has 2 N–H and O–H groups in total. The van der Waals surface area contributed by atoms with Gasteiger partial charge in [0.2, 0.25) is 5.91 Å². The molecule has 1 aromatic carbocycles. The summed E-state index contributed by atoms with van der Waals surface area (Å²) in [6.45, 7) is 4.08. The lowest BCUT2D eigenvalue weighted by Gasteiger charge is -2.10. The van der Waals surface area contributed by atoms with Crippen molar-refractivity contribution in [3.8, 4) is 0 Å². The Kier molecular flexibility index (Phi) is 4.57. The van der Waals surface area contributed by atoms with Crippen LogP contribution in [0.5, 0.6) is 0 Å². The van der Waals surface area contributed by atoms with Crippen LogP contribution in [-0.2, 0) is 4.79 Å². The number of nitrogens with zero attached hydrogens (tertiary/aromatic N) is 3. The molecule has 0 fully saturated rings. The molecule has 0 saturated carbocycles. The molecule has 0 aliphatic carbocycles. The average molecular weight is 381 g/mol. The molecule has 1 aliphatic heterocycles. The minimum Gasteiger partial charge on any atom is -0.325 e. The summed E-state index contributed by atoms with van der Waals surface area (Å²) in [4.78, 5) is 29.8. The first-order chi connectivity index (χ1) is 13.0. The first-order valence-corrected chi connectivity index (χ1v) is 9.71. The Morgan fingerprint density at radius 2 is 2.15 bits per heavy atom. The first-order valence-electron chi connectivity index (χ1n) is 8.72. The summed E-state index contributed by atoms with van der Waals surface area (Å²) in [6, 6.07) is 7.41. The zero-order valence-electron chi connectivity index (χ0n) is 15.0. The Hall–Kier alpha value is -2.87. The summed E-state index contributed by atoms with van der Waals surface area (Å²) in [5.74, 6) is 0.453. The molecule has 4 rings (SSSR count). The van der Waals surface area contributed by atoms with Crippen molar-refractivity contribution >= 4 is 46.0 Å². The number of anilines is 2. The fraction of sp³-hybridized carbons (Fsp3) is 0.263. The number of aromatic nitrogens is 3. The second-order valence-electron chi connectivity index (χ2n) is 6.63. The predicted molar refractivity (Wildman–Crippen MR) is 106 cm³/mol. The summed E-state index contributed by atoms with van der Waals surface area (Å²) >= 11 is 1.61. The van der Waals surface area contributed by atoms with Crippen molar-refractivity contribution < 1.29 is 9.59 Å². The van der Waals surface area contributed by atoms with Crippen molar-refractivity contribution in [2.75, 3.05) is 16.4 Å². The number of benzene rings is 1. The maximum atomic E-state index is 12.6. The molecule has 3 aromatic rings. The molecular formula is C19H19N5O2S. The van der Waals surface area contributed by atoms with E-state index in [1.54, 1.807) is 36.3 Å². The van der Waals surface area contributed by atoms with E-state index in [-0.39, 0.29) is 17.9 Å². The van der Waals surface area contributed by atoms with Crippen LogP contribution in [0.1, 0.15) is 36.7 Å². The number of hydrogen-bond acceptors (Lipinski definition) is 5. The number of carbonyl (C=O) groups is 2. The van der Waals surface area contributed by atoms with E-state index in [0.717, 1.165) is 21.7 Å². The Labute approximate surface area is 160 Å². The van der Waals surface area contributed by atoms with Crippen LogP contribution < -0.4 is 10.6 Å². The quantitative estimate of drug-likeness (QED) is 0.722. The van der Waals surface area contributed by atoms with Gasteiger partial charge in [0.1, 0.15) is 0 Å². The maximum absolute atomic E-state index is 12.6. The fourth-order valence-electron chi connectivity index (χ4n) is 2.95. The fourth-order valence-corrected chi connectivity index (χ4v) is 3.89. The first kappa shape index (κ1) is 17.5. The standard InChI is InChI=1S/C19H19N5O2S/c1-11(2)24-18-13(9-21-24)7-14(10-20-18)22-19(26)12-3-4-16-15(8-12)23-17(25)5-6-27-16/h3-4,7-11H,5-6H2,1-2H3,(H,22,26)(H,23,25). The van der Waals surface area contributed by atoms with Gasteiger partial charge in [0.05, 0.1) is 23.8 Å². The summed E-state index contributed by atoms with van der Waals surface area (Å²) in [5.41, 5.74) is 2.55. The molecule has 2 amide bonds. The van der Waals surface area contributed by atoms with E-state index in [4.69, 9.17) is 0 Å². The van der Waals surface area contributed by atoms with Gasteiger partial charge in [0.15, 0.2) is 5.65 Å². The number of fused-ring (bicyclic) bond motifs is 2. The highest BCUT2D eigenvalue weighted by molar-refractivity contribution is 7.99. The van der Waals surface area contributed by atoms with E-state index < -0.39 is 0 Å². The van der Waals surface area contributed by atoms with E-state index in [0.29, 0.717) is 23.4 Å². The number of rotatable bonds is 3. The lowest BCUT2D eigenvalue weighted by molar-refractivity contribution is -0.115. The van der Waals surface area contributed by atoms with Crippen molar-refractivity contribution in [3.63, 3.8) is 0 Å². The second-order valence-corrected chi connectivity index (χ2v) is 7.77. The molecule has 3 heterocycles. The maximum Gasteiger partial charge on any atom is 0.255 e. The largest absolute Gasteiger partial charge is 0.325 e. The SMILES string of the molecule is CC(C)n1ncc2cc(NC(=O)c3ccc4c(c3)NC(=O)CCS4)cnc21. The van der Waals surface area contributed by atoms with Crippen LogP contribution in [0.3, 0.4) is 0 Å². The van der Waals surface area contributed by atoms with Crippen LogP contribution in [0.25, 0.3) is 11.0 Å². The van der Waals surface area contributed by atoms with Gasteiger partial charge in [-0.15, -0.1) is 11.8 Å². The molecular weight excluding hydrogens is 362 g/mol. The van der Waals surface area contributed by atoms with E-state index in [1.807, 2.05) is 30.7 Å². The van der Waals surface area contributed by atoms with Gasteiger partial charge in [-0.05, 0) is 38.1 Å². The molecule has 0 atom stereocenters. The van der Waals surface area contributed by atoms with Crippen molar-refractivity contribution in [1.29, 1.82) is 0 Å². The molecule has 8 heteroatoms. The number of thioether (sulfide) groups is 1. The molecule has 0 saturated heterocycles. The lowest BCUT2D eigenvalue weighted by Crippen LogP contribution is -2.14. The molecule has 0 unspecified atom stereocenters. The third-order valence-corrected chi connectivity index (χ3v) is 5.36. The van der Waals surface area contributed by atoms with Crippen molar-refractivity contribution in [1.82, 2.24) is 14.8 Å². The minimum atomic E-state index is -0.251. The van der Waals surface area contributed by atoms with Crippen LogP contribution in [0.2, 0.25) is 0 Å². The van der Waals surface area contributed by atoms with Gasteiger partial charge >= 0.3 is 0 Å². The molecule has 138 valence electrons. The molecule has 0 spiro atoms. The number of nitrogens with one attached hydrogen (secondary N) is 2. The third kappa shape index (κ3) is 3.52. The van der Waals surface area contributed by atoms with Crippen molar-refractivity contribution in [2.24, 2.45) is 0 Å². The Balaban J connectivity index is 1.57. The van der Waals surface area contributed by atoms with E-state index in [9.17, 15) is 9.59 Å². The van der Waals surface area contributed by atoms with Crippen LogP contribution in [0.4, 0.5) is 11.4 Å². The van der Waals surface area contributed by atoms with Gasteiger partial charge in [-0.25, -0.2) is 9.67 Å². The minimum absolute atomic E-state index is 0.0318. The van der Waals surface area contributed by atoms with Gasteiger partial charge in [0.25, 0.3) is 5.91 Å². The van der Waals surface area contributed by atoms with Crippen LogP contribution in [0.15, 0.2) is 41.6 Å². The zero-order chi connectivity index (χ0) is 19.0. The van der Waals surface area contributed by atoms with Gasteiger partial charge < -0.3 is 10.6 Å². The molecule has 0 radical (unpaired) electrons. The highest BCUT2D eigenvalue weighted by Gasteiger charge is 2.16. The third-order valence-electron chi connectivity index (χ3n) is 4.28. The Morgan fingerprint density at radius 3 is 2.96 bits per heavy atom. The summed E-state index contributed by atoms with van der Waals surface area (Å²) in [7, 11) is 0. The normalized spacial score (nSPS) is 14.0. The average Bonchev–Trinajstić information content (AvgIpc) is 2.96.